The highest BCUT2D eigenvalue weighted by molar-refractivity contribution is 8.00. The first-order valence-electron chi connectivity index (χ1n) is 11.9. The zero-order valence-corrected chi connectivity index (χ0v) is 22.0. The standard InChI is InChI=1S/C28H27N3O6S/c1-33-20-8-4-17(5-9-20)26-28(31-27(30-26)18-6-10-21(34-2)23(14-18)35-3)38-16-25(32)29-19-7-11-22-24(15-19)37-13-12-36-22/h4-11,14-15H,12-13,16H2,1-3H3,(H,29,32)(H,30,31). The Labute approximate surface area is 224 Å². The summed E-state index contributed by atoms with van der Waals surface area (Å²) in [6.45, 7) is 0.997. The van der Waals surface area contributed by atoms with Crippen molar-refractivity contribution in [2.75, 3.05) is 45.6 Å². The molecule has 0 bridgehead atoms. The van der Waals surface area contributed by atoms with E-state index in [2.05, 4.69) is 10.3 Å². The summed E-state index contributed by atoms with van der Waals surface area (Å²) in [5, 5.41) is 3.61. The Kier molecular flexibility index (Phi) is 7.60. The number of hydrogen-bond donors (Lipinski definition) is 2. The maximum atomic E-state index is 12.8. The second-order valence-electron chi connectivity index (χ2n) is 8.26. The molecule has 196 valence electrons. The van der Waals surface area contributed by atoms with Crippen LogP contribution in [0.5, 0.6) is 28.7 Å². The van der Waals surface area contributed by atoms with Gasteiger partial charge in [-0.15, -0.1) is 0 Å². The van der Waals surface area contributed by atoms with Gasteiger partial charge in [0, 0.05) is 22.9 Å². The van der Waals surface area contributed by atoms with Crippen LogP contribution in [0.4, 0.5) is 5.69 Å². The minimum atomic E-state index is -0.164. The van der Waals surface area contributed by atoms with Gasteiger partial charge < -0.3 is 34.0 Å². The van der Waals surface area contributed by atoms with Crippen molar-refractivity contribution in [3.05, 3.63) is 60.7 Å². The van der Waals surface area contributed by atoms with Crippen molar-refractivity contribution in [2.45, 2.75) is 5.03 Å². The molecule has 0 fully saturated rings. The summed E-state index contributed by atoms with van der Waals surface area (Å²) in [5.41, 5.74) is 3.18. The molecular formula is C28H27N3O6S. The Bertz CT molecular complexity index is 1440. The van der Waals surface area contributed by atoms with Crippen LogP contribution in [-0.2, 0) is 4.79 Å². The topological polar surface area (TPSA) is 104 Å². The third-order valence-corrected chi connectivity index (χ3v) is 6.85. The predicted octanol–water partition coefficient (Wildman–Crippen LogP) is 5.27. The Morgan fingerprint density at radius 2 is 1.63 bits per heavy atom. The highest BCUT2D eigenvalue weighted by Gasteiger charge is 2.18. The zero-order valence-electron chi connectivity index (χ0n) is 21.2. The lowest BCUT2D eigenvalue weighted by Gasteiger charge is -2.19. The van der Waals surface area contributed by atoms with Gasteiger partial charge in [-0.1, -0.05) is 11.8 Å². The van der Waals surface area contributed by atoms with Crippen LogP contribution in [0.2, 0.25) is 0 Å². The molecule has 9 nitrogen and oxygen atoms in total. The lowest BCUT2D eigenvalue weighted by atomic mass is 10.1. The maximum absolute atomic E-state index is 12.8. The van der Waals surface area contributed by atoms with Crippen molar-refractivity contribution in [3.8, 4) is 51.4 Å². The minimum Gasteiger partial charge on any atom is -0.497 e. The first-order chi connectivity index (χ1) is 18.6. The molecule has 1 aliphatic rings. The number of carbonyl (C=O) groups is 1. The molecule has 0 radical (unpaired) electrons. The molecule has 0 unspecified atom stereocenters. The van der Waals surface area contributed by atoms with Crippen LogP contribution in [0.15, 0.2) is 65.7 Å². The van der Waals surface area contributed by atoms with Gasteiger partial charge in [0.25, 0.3) is 0 Å². The van der Waals surface area contributed by atoms with Crippen molar-refractivity contribution in [3.63, 3.8) is 0 Å². The number of fused-ring (bicyclic) bond motifs is 1. The van der Waals surface area contributed by atoms with Gasteiger partial charge >= 0.3 is 0 Å². The maximum Gasteiger partial charge on any atom is 0.234 e. The van der Waals surface area contributed by atoms with Gasteiger partial charge in [0.05, 0.1) is 32.8 Å². The molecule has 1 amide bonds. The lowest BCUT2D eigenvalue weighted by Crippen LogP contribution is -2.17. The van der Waals surface area contributed by atoms with E-state index in [1.165, 1.54) is 11.8 Å². The van der Waals surface area contributed by atoms with Crippen LogP contribution in [-0.4, -0.2) is 56.2 Å². The van der Waals surface area contributed by atoms with Crippen molar-refractivity contribution in [2.24, 2.45) is 0 Å². The number of H-pyrrole nitrogens is 1. The van der Waals surface area contributed by atoms with Crippen LogP contribution in [0.25, 0.3) is 22.6 Å². The first kappa shape index (κ1) is 25.3. The number of benzene rings is 3. The molecule has 3 aromatic carbocycles. The number of aromatic nitrogens is 2. The molecule has 5 rings (SSSR count). The number of carbonyl (C=O) groups excluding carboxylic acids is 1. The lowest BCUT2D eigenvalue weighted by molar-refractivity contribution is -0.113. The number of methoxy groups -OCH3 is 3. The third-order valence-electron chi connectivity index (χ3n) is 5.87. The second kappa shape index (κ2) is 11.4. The monoisotopic (exact) mass is 533 g/mol. The van der Waals surface area contributed by atoms with Crippen molar-refractivity contribution in [1.29, 1.82) is 0 Å². The molecule has 0 aliphatic carbocycles. The third kappa shape index (κ3) is 5.50. The van der Waals surface area contributed by atoms with Crippen LogP contribution in [0, 0.1) is 0 Å². The van der Waals surface area contributed by atoms with Crippen LogP contribution < -0.4 is 29.0 Å². The van der Waals surface area contributed by atoms with Crippen LogP contribution >= 0.6 is 11.8 Å². The summed E-state index contributed by atoms with van der Waals surface area (Å²) in [5.74, 6) is 3.91. The molecule has 1 aromatic heterocycles. The SMILES string of the molecule is COc1ccc(-c2[nH]c(-c3ccc(OC)c(OC)c3)nc2SCC(=O)Nc2ccc3c(c2)OCCO3)cc1. The first-order valence-corrected chi connectivity index (χ1v) is 12.9. The van der Waals surface area contributed by atoms with Crippen LogP contribution in [0.3, 0.4) is 0 Å². The van der Waals surface area contributed by atoms with Crippen LogP contribution in [0.1, 0.15) is 0 Å². The molecule has 0 spiro atoms. The average molecular weight is 534 g/mol. The van der Waals surface area contributed by atoms with Crippen molar-refractivity contribution < 1.29 is 28.5 Å². The summed E-state index contributed by atoms with van der Waals surface area (Å²) < 4.78 is 27.3. The zero-order chi connectivity index (χ0) is 26.5. The minimum absolute atomic E-state index is 0.161. The number of anilines is 1. The fraction of sp³-hybridized carbons (Fsp3) is 0.214. The van der Waals surface area contributed by atoms with E-state index in [0.29, 0.717) is 52.7 Å². The van der Waals surface area contributed by atoms with E-state index in [9.17, 15) is 4.79 Å². The van der Waals surface area contributed by atoms with Crippen molar-refractivity contribution in [1.82, 2.24) is 9.97 Å². The Morgan fingerprint density at radius 1 is 0.895 bits per heavy atom. The summed E-state index contributed by atoms with van der Waals surface area (Å²) in [7, 11) is 4.81. The number of hydrogen-bond acceptors (Lipinski definition) is 8. The number of aromatic amines is 1. The molecule has 10 heteroatoms. The summed E-state index contributed by atoms with van der Waals surface area (Å²) in [4.78, 5) is 21.1. The average Bonchev–Trinajstić information content (AvgIpc) is 3.40. The normalized spacial score (nSPS) is 12.1. The smallest absolute Gasteiger partial charge is 0.234 e. The molecule has 2 N–H and O–H groups in total. The largest absolute Gasteiger partial charge is 0.497 e. The highest BCUT2D eigenvalue weighted by Crippen LogP contribution is 2.37. The molecule has 1 aliphatic heterocycles. The Hall–Kier alpha value is -4.31. The van der Waals surface area contributed by atoms with E-state index in [-0.39, 0.29) is 11.7 Å². The van der Waals surface area contributed by atoms with E-state index in [0.717, 1.165) is 22.6 Å². The summed E-state index contributed by atoms with van der Waals surface area (Å²) >= 11 is 1.34. The van der Waals surface area contributed by atoms with E-state index in [1.807, 2.05) is 42.5 Å². The summed E-state index contributed by atoms with van der Waals surface area (Å²) in [6, 6.07) is 18.6. The number of amides is 1. The van der Waals surface area contributed by atoms with Gasteiger partial charge in [-0.05, 0) is 54.6 Å². The van der Waals surface area contributed by atoms with Crippen molar-refractivity contribution >= 4 is 23.4 Å². The van der Waals surface area contributed by atoms with E-state index >= 15 is 0 Å². The number of nitrogens with one attached hydrogen (secondary N) is 2. The van der Waals surface area contributed by atoms with E-state index in [4.69, 9.17) is 28.7 Å². The van der Waals surface area contributed by atoms with E-state index in [1.54, 1.807) is 39.5 Å². The van der Waals surface area contributed by atoms with Gasteiger partial charge in [0.2, 0.25) is 5.91 Å². The number of nitrogens with zero attached hydrogens (tertiary/aromatic N) is 1. The quantitative estimate of drug-likeness (QED) is 0.281. The molecule has 0 saturated heterocycles. The molecule has 0 saturated carbocycles. The highest BCUT2D eigenvalue weighted by atomic mass is 32.2. The van der Waals surface area contributed by atoms with Gasteiger partial charge in [-0.25, -0.2) is 4.98 Å². The number of imidazole rings is 1. The van der Waals surface area contributed by atoms with Gasteiger partial charge in [-0.3, -0.25) is 4.79 Å². The molecule has 2 heterocycles. The number of ether oxygens (including phenoxy) is 5. The van der Waals surface area contributed by atoms with Gasteiger partial charge in [0.15, 0.2) is 23.0 Å². The molecule has 38 heavy (non-hydrogen) atoms. The Balaban J connectivity index is 1.38. The van der Waals surface area contributed by atoms with E-state index < -0.39 is 0 Å². The number of thioether (sulfide) groups is 1. The predicted molar refractivity (Wildman–Crippen MR) is 146 cm³/mol. The molecular weight excluding hydrogens is 506 g/mol. The second-order valence-corrected chi connectivity index (χ2v) is 9.22. The fourth-order valence-corrected chi connectivity index (χ4v) is 4.80. The molecule has 4 aromatic rings. The number of rotatable bonds is 9. The molecule has 0 atom stereocenters. The fourth-order valence-electron chi connectivity index (χ4n) is 3.99. The Morgan fingerprint density at radius 3 is 2.37 bits per heavy atom. The van der Waals surface area contributed by atoms with Gasteiger partial charge in [-0.2, -0.15) is 0 Å². The van der Waals surface area contributed by atoms with Gasteiger partial charge in [0.1, 0.15) is 29.8 Å². The summed E-state index contributed by atoms with van der Waals surface area (Å²) in [6.07, 6.45) is 0.